The van der Waals surface area contributed by atoms with Gasteiger partial charge in [0, 0.05) is 25.7 Å². The molecule has 9 heteroatoms. The highest BCUT2D eigenvalue weighted by atomic mass is 127. The summed E-state index contributed by atoms with van der Waals surface area (Å²) in [6, 6.07) is 4.95. The maximum Gasteiger partial charge on any atom is 0.409 e. The fourth-order valence-electron chi connectivity index (χ4n) is 2.84. The molecule has 0 bridgehead atoms. The summed E-state index contributed by atoms with van der Waals surface area (Å²) in [7, 11) is 1.44. The van der Waals surface area contributed by atoms with E-state index in [1.54, 1.807) is 24.0 Å². The van der Waals surface area contributed by atoms with Crippen LogP contribution in [-0.4, -0.2) is 56.3 Å². The number of benzene rings is 1. The van der Waals surface area contributed by atoms with Gasteiger partial charge in [-0.15, -0.1) is 24.0 Å². The fourth-order valence-corrected chi connectivity index (χ4v) is 2.84. The maximum absolute atomic E-state index is 13.4. The van der Waals surface area contributed by atoms with Crippen molar-refractivity contribution in [2.75, 3.05) is 33.4 Å². The Balaban J connectivity index is 0.00000364. The molecule has 1 aliphatic rings. The maximum atomic E-state index is 13.4. The monoisotopic (exact) mass is 494 g/mol. The van der Waals surface area contributed by atoms with Crippen molar-refractivity contribution in [3.8, 4) is 5.75 Å². The van der Waals surface area contributed by atoms with Crippen LogP contribution in [0.4, 0.5) is 9.18 Å². The Kier molecular flexibility index (Phi) is 10.2. The fraction of sp³-hybridized carbons (Fsp3) is 0.556. The molecule has 1 fully saturated rings. The molecule has 1 heterocycles. The predicted molar refractivity (Wildman–Crippen MR) is 113 cm³/mol. The quantitative estimate of drug-likeness (QED) is 0.361. The summed E-state index contributed by atoms with van der Waals surface area (Å²) in [5.41, 5.74) is 6.87. The molecular weight excluding hydrogens is 466 g/mol. The number of guanidine groups is 1. The number of ether oxygens (including phenoxy) is 2. The van der Waals surface area contributed by atoms with E-state index in [1.807, 2.05) is 0 Å². The molecule has 0 spiro atoms. The van der Waals surface area contributed by atoms with Gasteiger partial charge in [-0.1, -0.05) is 6.07 Å². The van der Waals surface area contributed by atoms with Crippen molar-refractivity contribution >= 4 is 36.0 Å². The number of nitrogens with two attached hydrogens (primary N) is 1. The summed E-state index contributed by atoms with van der Waals surface area (Å²) in [6.45, 7) is 3.95. The van der Waals surface area contributed by atoms with E-state index in [0.717, 1.165) is 18.4 Å². The Morgan fingerprint density at radius 1 is 1.41 bits per heavy atom. The number of piperidine rings is 1. The molecule has 0 unspecified atom stereocenters. The highest BCUT2D eigenvalue weighted by Crippen LogP contribution is 2.18. The number of methoxy groups -OCH3 is 1. The number of hydrogen-bond acceptors (Lipinski definition) is 4. The molecule has 0 aromatic heterocycles. The van der Waals surface area contributed by atoms with Crippen molar-refractivity contribution in [3.05, 3.63) is 29.6 Å². The molecule has 3 N–H and O–H groups in total. The first-order valence-electron chi connectivity index (χ1n) is 8.84. The van der Waals surface area contributed by atoms with Crippen LogP contribution in [-0.2, 0) is 11.2 Å². The molecule has 1 aromatic rings. The van der Waals surface area contributed by atoms with Crippen molar-refractivity contribution in [1.82, 2.24) is 10.2 Å². The third-order valence-electron chi connectivity index (χ3n) is 4.27. The van der Waals surface area contributed by atoms with Crippen molar-refractivity contribution < 1.29 is 18.7 Å². The number of amides is 1. The van der Waals surface area contributed by atoms with Crippen LogP contribution in [0, 0.1) is 5.82 Å². The first-order valence-corrected chi connectivity index (χ1v) is 8.84. The van der Waals surface area contributed by atoms with Gasteiger partial charge in [0.25, 0.3) is 0 Å². The molecular formula is C18H28FIN4O3. The van der Waals surface area contributed by atoms with Crippen LogP contribution in [0.1, 0.15) is 25.3 Å². The minimum atomic E-state index is -0.380. The van der Waals surface area contributed by atoms with Crippen molar-refractivity contribution in [3.63, 3.8) is 0 Å². The standard InChI is InChI=1S/C18H27FN4O3.HI/c1-3-26-18(24)23-10-7-14(8-11-23)22-17(20)21-9-6-13-4-5-15(19)16(12-13)25-2;/h4-5,12,14H,3,6-11H2,1-2H3,(H3,20,21,22);1H. The van der Waals surface area contributed by atoms with E-state index in [1.165, 1.54) is 13.2 Å². The molecule has 1 aromatic carbocycles. The van der Waals surface area contributed by atoms with Gasteiger partial charge in [0.2, 0.25) is 0 Å². The van der Waals surface area contributed by atoms with Crippen LogP contribution >= 0.6 is 24.0 Å². The summed E-state index contributed by atoms with van der Waals surface area (Å²) in [5, 5.41) is 3.19. The lowest BCUT2D eigenvalue weighted by Crippen LogP contribution is -2.48. The average Bonchev–Trinajstić information content (AvgIpc) is 2.64. The summed E-state index contributed by atoms with van der Waals surface area (Å²) >= 11 is 0. The van der Waals surface area contributed by atoms with E-state index in [-0.39, 0.29) is 47.7 Å². The molecule has 152 valence electrons. The van der Waals surface area contributed by atoms with E-state index in [4.69, 9.17) is 15.2 Å². The molecule has 1 aliphatic heterocycles. The lowest BCUT2D eigenvalue weighted by atomic mass is 10.1. The Morgan fingerprint density at radius 2 is 2.11 bits per heavy atom. The third-order valence-corrected chi connectivity index (χ3v) is 4.27. The minimum Gasteiger partial charge on any atom is -0.494 e. The first-order chi connectivity index (χ1) is 12.5. The second kappa shape index (κ2) is 11.8. The SMILES string of the molecule is CCOC(=O)N1CCC(NC(N)=NCCc2ccc(F)c(OC)c2)CC1.I. The molecule has 0 saturated carbocycles. The lowest BCUT2D eigenvalue weighted by molar-refractivity contribution is 0.0963. The zero-order chi connectivity index (χ0) is 18.9. The van der Waals surface area contributed by atoms with E-state index in [2.05, 4.69) is 10.3 Å². The van der Waals surface area contributed by atoms with Crippen LogP contribution in [0.25, 0.3) is 0 Å². The van der Waals surface area contributed by atoms with Crippen LogP contribution in [0.15, 0.2) is 23.2 Å². The van der Waals surface area contributed by atoms with Gasteiger partial charge in [0.05, 0.1) is 13.7 Å². The summed E-state index contributed by atoms with van der Waals surface area (Å²) in [5.74, 6) is 0.231. The normalized spacial score (nSPS) is 15.1. The van der Waals surface area contributed by atoms with Gasteiger partial charge in [0.1, 0.15) is 0 Å². The smallest absolute Gasteiger partial charge is 0.409 e. The molecule has 0 radical (unpaired) electrons. The highest BCUT2D eigenvalue weighted by molar-refractivity contribution is 14.0. The van der Waals surface area contributed by atoms with Crippen LogP contribution < -0.4 is 15.8 Å². The summed E-state index contributed by atoms with van der Waals surface area (Å²) in [4.78, 5) is 17.7. The first kappa shape index (κ1) is 23.3. The largest absolute Gasteiger partial charge is 0.494 e. The Labute approximate surface area is 176 Å². The Bertz CT molecular complexity index is 637. The zero-order valence-corrected chi connectivity index (χ0v) is 18.1. The van der Waals surface area contributed by atoms with Crippen molar-refractivity contribution in [2.45, 2.75) is 32.2 Å². The third kappa shape index (κ3) is 7.39. The van der Waals surface area contributed by atoms with E-state index in [9.17, 15) is 9.18 Å². The summed E-state index contributed by atoms with van der Waals surface area (Å²) in [6.07, 6.45) is 1.97. The average molecular weight is 494 g/mol. The van der Waals surface area contributed by atoms with Gasteiger partial charge in [-0.25, -0.2) is 9.18 Å². The van der Waals surface area contributed by atoms with Crippen molar-refractivity contribution in [2.24, 2.45) is 10.7 Å². The number of aliphatic imine (C=N–C) groups is 1. The summed E-state index contributed by atoms with van der Waals surface area (Å²) < 4.78 is 23.4. The number of nitrogens with one attached hydrogen (secondary N) is 1. The van der Waals surface area contributed by atoms with E-state index in [0.29, 0.717) is 38.6 Å². The number of hydrogen-bond donors (Lipinski definition) is 2. The van der Waals surface area contributed by atoms with E-state index < -0.39 is 0 Å². The van der Waals surface area contributed by atoms with E-state index >= 15 is 0 Å². The predicted octanol–water partition coefficient (Wildman–Crippen LogP) is 2.52. The molecule has 1 amide bonds. The number of carbonyl (C=O) groups is 1. The van der Waals surface area contributed by atoms with Gasteiger partial charge < -0.3 is 25.4 Å². The molecule has 27 heavy (non-hydrogen) atoms. The number of nitrogens with zero attached hydrogens (tertiary/aromatic N) is 2. The van der Waals surface area contributed by atoms with Crippen molar-refractivity contribution in [1.29, 1.82) is 0 Å². The number of carbonyl (C=O) groups excluding carboxylic acids is 1. The van der Waals surface area contributed by atoms with Gasteiger partial charge in [0.15, 0.2) is 17.5 Å². The van der Waals surface area contributed by atoms with Gasteiger partial charge in [-0.05, 0) is 43.9 Å². The zero-order valence-electron chi connectivity index (χ0n) is 15.7. The lowest BCUT2D eigenvalue weighted by Gasteiger charge is -2.31. The number of halogens is 2. The molecule has 0 aliphatic carbocycles. The minimum absolute atomic E-state index is 0. The van der Waals surface area contributed by atoms with Crippen LogP contribution in [0.3, 0.4) is 0 Å². The van der Waals surface area contributed by atoms with Gasteiger partial charge in [-0.2, -0.15) is 0 Å². The van der Waals surface area contributed by atoms with Gasteiger partial charge in [-0.3, -0.25) is 4.99 Å². The van der Waals surface area contributed by atoms with Crippen LogP contribution in [0.5, 0.6) is 5.75 Å². The molecule has 2 rings (SSSR count). The number of likely N-dealkylation sites (tertiary alicyclic amines) is 1. The van der Waals surface area contributed by atoms with Gasteiger partial charge >= 0.3 is 6.09 Å². The highest BCUT2D eigenvalue weighted by Gasteiger charge is 2.23. The Hall–Kier alpha value is -1.78. The molecule has 0 atom stereocenters. The second-order valence-corrected chi connectivity index (χ2v) is 6.09. The second-order valence-electron chi connectivity index (χ2n) is 6.09. The molecule has 1 saturated heterocycles. The topological polar surface area (TPSA) is 89.2 Å². The Morgan fingerprint density at radius 3 is 2.74 bits per heavy atom. The van der Waals surface area contributed by atoms with Crippen LogP contribution in [0.2, 0.25) is 0 Å². The number of rotatable bonds is 6. The molecule has 7 nitrogen and oxygen atoms in total.